The van der Waals surface area contributed by atoms with E-state index in [0.717, 1.165) is 56.1 Å². The molecule has 1 N–H and O–H groups in total. The fourth-order valence-electron chi connectivity index (χ4n) is 3.90. The van der Waals surface area contributed by atoms with Crippen molar-refractivity contribution < 1.29 is 4.79 Å². The minimum atomic E-state index is -0.0163. The molecule has 27 heavy (non-hydrogen) atoms. The minimum Gasteiger partial charge on any atom is -0.334 e. The van der Waals surface area contributed by atoms with E-state index in [1.807, 2.05) is 39.9 Å². The second-order valence-electron chi connectivity index (χ2n) is 7.46. The second-order valence-corrected chi connectivity index (χ2v) is 7.46. The Balaban J connectivity index is 1.40. The number of fused-ring (bicyclic) bond motifs is 1. The van der Waals surface area contributed by atoms with Gasteiger partial charge >= 0.3 is 6.03 Å². The van der Waals surface area contributed by atoms with Crippen LogP contribution in [0.15, 0.2) is 30.3 Å². The third-order valence-corrected chi connectivity index (χ3v) is 5.45. The molecular weight excluding hydrogens is 340 g/mol. The smallest absolute Gasteiger partial charge is 0.318 e. The molecule has 2 amide bonds. The summed E-state index contributed by atoms with van der Waals surface area (Å²) in [5.41, 5.74) is 3.23. The van der Waals surface area contributed by atoms with Gasteiger partial charge in [-0.15, -0.1) is 5.10 Å². The molecule has 2 aliphatic rings. The number of carbonyl (C=O) groups excluding carboxylic acids is 1. The maximum absolute atomic E-state index is 12.7. The van der Waals surface area contributed by atoms with Gasteiger partial charge in [-0.25, -0.2) is 9.48 Å². The predicted octanol–water partition coefficient (Wildman–Crippen LogP) is 2.38. The van der Waals surface area contributed by atoms with Gasteiger partial charge in [-0.2, -0.15) is 0 Å². The molecule has 7 heteroatoms. The Kier molecular flexibility index (Phi) is 5.67. The average Bonchev–Trinajstić information content (AvgIpc) is 2.95. The maximum Gasteiger partial charge on any atom is 0.318 e. The Bertz CT molecular complexity index is 753. The molecule has 0 radical (unpaired) electrons. The number of carbonyl (C=O) groups is 1. The zero-order chi connectivity index (χ0) is 18.5. The number of piperidine rings is 1. The first-order valence-electron chi connectivity index (χ1n) is 10.00. The monoisotopic (exact) mass is 368 g/mol. The van der Waals surface area contributed by atoms with Gasteiger partial charge in [0.1, 0.15) is 5.69 Å². The molecule has 0 saturated carbocycles. The molecule has 7 nitrogen and oxygen atoms in total. The molecule has 3 heterocycles. The Morgan fingerprint density at radius 1 is 1.00 bits per heavy atom. The Labute approximate surface area is 160 Å². The summed E-state index contributed by atoms with van der Waals surface area (Å²) in [6.45, 7) is 5.80. The van der Waals surface area contributed by atoms with Crippen LogP contribution in [0.3, 0.4) is 0 Å². The van der Waals surface area contributed by atoms with Gasteiger partial charge < -0.3 is 10.2 Å². The van der Waals surface area contributed by atoms with Gasteiger partial charge in [0.25, 0.3) is 0 Å². The van der Waals surface area contributed by atoms with Crippen LogP contribution in [-0.4, -0.2) is 50.5 Å². The number of nitrogens with zero attached hydrogens (tertiary/aromatic N) is 5. The number of likely N-dealkylation sites (tertiary alicyclic amines) is 1. The first-order valence-corrected chi connectivity index (χ1v) is 10.00. The molecular formula is C20H28N6O. The van der Waals surface area contributed by atoms with E-state index in [2.05, 4.69) is 20.5 Å². The third kappa shape index (κ3) is 4.47. The van der Waals surface area contributed by atoms with E-state index in [1.165, 1.54) is 19.3 Å². The molecule has 1 fully saturated rings. The van der Waals surface area contributed by atoms with Gasteiger partial charge in [0.2, 0.25) is 0 Å². The lowest BCUT2D eigenvalue weighted by atomic mass is 10.1. The number of hydrogen-bond acceptors (Lipinski definition) is 4. The van der Waals surface area contributed by atoms with Crippen molar-refractivity contribution in [1.29, 1.82) is 0 Å². The molecule has 0 spiro atoms. The Morgan fingerprint density at radius 3 is 2.63 bits per heavy atom. The lowest BCUT2D eigenvalue weighted by Crippen LogP contribution is -2.39. The van der Waals surface area contributed by atoms with Crippen molar-refractivity contribution in [3.8, 4) is 0 Å². The molecule has 144 valence electrons. The lowest BCUT2D eigenvalue weighted by Gasteiger charge is -2.26. The molecule has 0 bridgehead atoms. The van der Waals surface area contributed by atoms with Crippen molar-refractivity contribution in [2.24, 2.45) is 0 Å². The van der Waals surface area contributed by atoms with Gasteiger partial charge in [0, 0.05) is 26.2 Å². The zero-order valence-corrected chi connectivity index (χ0v) is 15.8. The highest BCUT2D eigenvalue weighted by molar-refractivity contribution is 5.74. The van der Waals surface area contributed by atoms with Crippen molar-refractivity contribution >= 4 is 6.03 Å². The first kappa shape index (κ1) is 18.0. The van der Waals surface area contributed by atoms with E-state index in [-0.39, 0.29) is 6.03 Å². The number of rotatable bonds is 4. The summed E-state index contributed by atoms with van der Waals surface area (Å²) in [4.78, 5) is 17.1. The number of aryl methyl sites for hydroxylation is 1. The van der Waals surface area contributed by atoms with Crippen molar-refractivity contribution in [1.82, 2.24) is 30.1 Å². The van der Waals surface area contributed by atoms with Crippen molar-refractivity contribution in [3.05, 3.63) is 47.3 Å². The van der Waals surface area contributed by atoms with Crippen LogP contribution >= 0.6 is 0 Å². The Morgan fingerprint density at radius 2 is 1.81 bits per heavy atom. The molecule has 1 saturated heterocycles. The molecule has 1 aromatic heterocycles. The summed E-state index contributed by atoms with van der Waals surface area (Å²) in [6, 6.07) is 10.0. The van der Waals surface area contributed by atoms with Crippen LogP contribution in [-0.2, 0) is 26.2 Å². The van der Waals surface area contributed by atoms with Gasteiger partial charge in [0.15, 0.2) is 0 Å². The van der Waals surface area contributed by atoms with E-state index < -0.39 is 0 Å². The van der Waals surface area contributed by atoms with Crippen LogP contribution in [0.25, 0.3) is 0 Å². The number of hydrogen-bond donors (Lipinski definition) is 1. The number of nitrogens with one attached hydrogen (secondary N) is 1. The van der Waals surface area contributed by atoms with Crippen LogP contribution in [0.2, 0.25) is 0 Å². The molecule has 0 atom stereocenters. The van der Waals surface area contributed by atoms with E-state index in [1.54, 1.807) is 0 Å². The van der Waals surface area contributed by atoms with E-state index in [9.17, 15) is 4.79 Å². The molecule has 0 unspecified atom stereocenters. The van der Waals surface area contributed by atoms with E-state index in [0.29, 0.717) is 13.1 Å². The largest absolute Gasteiger partial charge is 0.334 e. The summed E-state index contributed by atoms with van der Waals surface area (Å²) in [5, 5.41) is 11.8. The Hall–Kier alpha value is -2.41. The van der Waals surface area contributed by atoms with Crippen molar-refractivity contribution in [3.63, 3.8) is 0 Å². The molecule has 1 aromatic carbocycles. The zero-order valence-electron chi connectivity index (χ0n) is 15.8. The fourth-order valence-corrected chi connectivity index (χ4v) is 3.90. The van der Waals surface area contributed by atoms with Crippen molar-refractivity contribution in [2.75, 3.05) is 19.6 Å². The molecule has 0 aliphatic carbocycles. The fraction of sp³-hybridized carbons (Fsp3) is 0.550. The average molecular weight is 368 g/mol. The van der Waals surface area contributed by atoms with E-state index in [4.69, 9.17) is 0 Å². The second kappa shape index (κ2) is 8.52. The SMILES string of the molecule is O=C(NCc1ccccc1)N1CCCn2nnc(CN3CCCCC3)c2C1. The summed E-state index contributed by atoms with van der Waals surface area (Å²) >= 11 is 0. The number of urea groups is 1. The predicted molar refractivity (Wildman–Crippen MR) is 103 cm³/mol. The quantitative estimate of drug-likeness (QED) is 0.900. The summed E-state index contributed by atoms with van der Waals surface area (Å²) in [5.74, 6) is 0. The standard InChI is InChI=1S/C20H28N6O/c27-20(21-14-17-8-3-1-4-9-17)25-12-7-13-26-19(16-25)18(22-23-26)15-24-10-5-2-6-11-24/h1,3-4,8-9H,2,5-7,10-16H2,(H,21,27). The summed E-state index contributed by atoms with van der Waals surface area (Å²) < 4.78 is 1.99. The highest BCUT2D eigenvalue weighted by Crippen LogP contribution is 2.18. The lowest BCUT2D eigenvalue weighted by molar-refractivity contribution is 0.194. The normalized spacial score (nSPS) is 18.0. The van der Waals surface area contributed by atoms with Crippen LogP contribution < -0.4 is 5.32 Å². The highest BCUT2D eigenvalue weighted by atomic mass is 16.2. The van der Waals surface area contributed by atoms with Gasteiger partial charge in [0.05, 0.1) is 12.2 Å². The van der Waals surface area contributed by atoms with Crippen LogP contribution in [0, 0.1) is 0 Å². The highest BCUT2D eigenvalue weighted by Gasteiger charge is 2.24. The number of benzene rings is 1. The minimum absolute atomic E-state index is 0.0163. The van der Waals surface area contributed by atoms with Gasteiger partial charge in [-0.05, 0) is 37.9 Å². The molecule has 2 aliphatic heterocycles. The van der Waals surface area contributed by atoms with Crippen LogP contribution in [0.5, 0.6) is 0 Å². The number of amides is 2. The molecule has 4 rings (SSSR count). The molecule has 2 aromatic rings. The van der Waals surface area contributed by atoms with Crippen LogP contribution in [0.1, 0.15) is 42.6 Å². The van der Waals surface area contributed by atoms with Gasteiger partial charge in [-0.3, -0.25) is 4.90 Å². The summed E-state index contributed by atoms with van der Waals surface area (Å²) in [7, 11) is 0. The third-order valence-electron chi connectivity index (χ3n) is 5.45. The number of aromatic nitrogens is 3. The first-order chi connectivity index (χ1) is 13.3. The van der Waals surface area contributed by atoms with Crippen LogP contribution in [0.4, 0.5) is 4.79 Å². The maximum atomic E-state index is 12.7. The van der Waals surface area contributed by atoms with E-state index >= 15 is 0 Å². The topological polar surface area (TPSA) is 66.3 Å². The van der Waals surface area contributed by atoms with Crippen molar-refractivity contribution in [2.45, 2.75) is 51.9 Å². The summed E-state index contributed by atoms with van der Waals surface area (Å²) in [6.07, 6.45) is 4.75. The van der Waals surface area contributed by atoms with Gasteiger partial charge in [-0.1, -0.05) is 42.0 Å².